The van der Waals surface area contributed by atoms with E-state index in [2.05, 4.69) is 5.10 Å². The van der Waals surface area contributed by atoms with Crippen LogP contribution in [0.2, 0.25) is 0 Å². The summed E-state index contributed by atoms with van der Waals surface area (Å²) >= 11 is 0. The standard InChI is InChI=1S/C15H18N2O2/c18-14-7-3-5-11(14)8-9-17-15(19)13-6-2-1-4-12(13)10-16-17/h1-2,4,6,10-11,14,18H,3,5,7-9H2. The van der Waals surface area contributed by atoms with Crippen LogP contribution in [0.5, 0.6) is 0 Å². The first kappa shape index (κ1) is 12.4. The van der Waals surface area contributed by atoms with Gasteiger partial charge in [0.05, 0.1) is 17.7 Å². The molecule has 0 radical (unpaired) electrons. The van der Waals surface area contributed by atoms with Crippen molar-refractivity contribution in [3.63, 3.8) is 0 Å². The average molecular weight is 258 g/mol. The average Bonchev–Trinajstić information content (AvgIpc) is 2.84. The second kappa shape index (κ2) is 5.13. The van der Waals surface area contributed by atoms with Crippen LogP contribution in [-0.4, -0.2) is 21.0 Å². The van der Waals surface area contributed by atoms with Gasteiger partial charge in [0.25, 0.3) is 5.56 Å². The van der Waals surface area contributed by atoms with E-state index in [1.54, 1.807) is 6.20 Å². The van der Waals surface area contributed by atoms with E-state index in [9.17, 15) is 9.90 Å². The van der Waals surface area contributed by atoms with Gasteiger partial charge in [-0.15, -0.1) is 0 Å². The number of fused-ring (bicyclic) bond motifs is 1. The van der Waals surface area contributed by atoms with Gasteiger partial charge in [-0.3, -0.25) is 4.79 Å². The van der Waals surface area contributed by atoms with E-state index >= 15 is 0 Å². The second-order valence-corrected chi connectivity index (χ2v) is 5.31. The summed E-state index contributed by atoms with van der Waals surface area (Å²) in [6.07, 6.45) is 5.41. The van der Waals surface area contributed by atoms with Crippen molar-refractivity contribution in [3.05, 3.63) is 40.8 Å². The smallest absolute Gasteiger partial charge is 0.274 e. The minimum Gasteiger partial charge on any atom is -0.393 e. The number of benzene rings is 1. The lowest BCUT2D eigenvalue weighted by Gasteiger charge is -2.14. The Morgan fingerprint density at radius 2 is 2.16 bits per heavy atom. The minimum absolute atomic E-state index is 0.0365. The number of aliphatic hydroxyl groups is 1. The molecule has 1 aromatic carbocycles. The molecular weight excluding hydrogens is 240 g/mol. The van der Waals surface area contributed by atoms with Gasteiger partial charge in [0.1, 0.15) is 0 Å². The van der Waals surface area contributed by atoms with Crippen LogP contribution in [0.3, 0.4) is 0 Å². The van der Waals surface area contributed by atoms with Crippen LogP contribution >= 0.6 is 0 Å². The third kappa shape index (κ3) is 2.40. The Bertz CT molecular complexity index is 635. The summed E-state index contributed by atoms with van der Waals surface area (Å²) in [6.45, 7) is 0.589. The molecule has 1 aromatic heterocycles. The van der Waals surface area contributed by atoms with Gasteiger partial charge < -0.3 is 5.11 Å². The molecule has 0 spiro atoms. The third-order valence-electron chi connectivity index (χ3n) is 4.09. The van der Waals surface area contributed by atoms with Gasteiger partial charge in [-0.05, 0) is 31.2 Å². The number of nitrogens with zero attached hydrogens (tertiary/aromatic N) is 2. The second-order valence-electron chi connectivity index (χ2n) is 5.31. The molecule has 19 heavy (non-hydrogen) atoms. The highest BCUT2D eigenvalue weighted by Crippen LogP contribution is 2.28. The Balaban J connectivity index is 1.81. The maximum atomic E-state index is 12.3. The maximum absolute atomic E-state index is 12.3. The molecule has 1 aliphatic rings. The van der Waals surface area contributed by atoms with Crippen LogP contribution in [-0.2, 0) is 6.54 Å². The lowest BCUT2D eigenvalue weighted by molar-refractivity contribution is 0.124. The molecule has 1 N–H and O–H groups in total. The quantitative estimate of drug-likeness (QED) is 0.915. The maximum Gasteiger partial charge on any atom is 0.274 e. The molecule has 4 heteroatoms. The van der Waals surface area contributed by atoms with Crippen molar-refractivity contribution in [2.24, 2.45) is 5.92 Å². The normalized spacial score (nSPS) is 23.0. The van der Waals surface area contributed by atoms with Crippen molar-refractivity contribution in [2.75, 3.05) is 0 Å². The van der Waals surface area contributed by atoms with Crippen LogP contribution in [0.15, 0.2) is 35.3 Å². The minimum atomic E-state index is -0.198. The molecule has 0 bridgehead atoms. The highest BCUT2D eigenvalue weighted by atomic mass is 16.3. The van der Waals surface area contributed by atoms with E-state index in [1.807, 2.05) is 24.3 Å². The van der Waals surface area contributed by atoms with Gasteiger partial charge in [0, 0.05) is 11.9 Å². The largest absolute Gasteiger partial charge is 0.393 e. The van der Waals surface area contributed by atoms with E-state index in [-0.39, 0.29) is 11.7 Å². The van der Waals surface area contributed by atoms with E-state index in [0.29, 0.717) is 17.8 Å². The van der Waals surface area contributed by atoms with E-state index in [0.717, 1.165) is 31.1 Å². The summed E-state index contributed by atoms with van der Waals surface area (Å²) < 4.78 is 1.52. The van der Waals surface area contributed by atoms with Gasteiger partial charge in [0.2, 0.25) is 0 Å². The van der Waals surface area contributed by atoms with E-state index in [4.69, 9.17) is 0 Å². The third-order valence-corrected chi connectivity index (χ3v) is 4.09. The van der Waals surface area contributed by atoms with E-state index < -0.39 is 0 Å². The number of hydrogen-bond acceptors (Lipinski definition) is 3. The fraction of sp³-hybridized carbons (Fsp3) is 0.467. The zero-order valence-corrected chi connectivity index (χ0v) is 10.8. The monoisotopic (exact) mass is 258 g/mol. The summed E-state index contributed by atoms with van der Waals surface area (Å²) in [4.78, 5) is 12.3. The summed E-state index contributed by atoms with van der Waals surface area (Å²) in [5.41, 5.74) is -0.0365. The molecule has 2 atom stereocenters. The van der Waals surface area contributed by atoms with Crippen LogP contribution in [0, 0.1) is 5.92 Å². The fourth-order valence-electron chi connectivity index (χ4n) is 2.93. The van der Waals surface area contributed by atoms with Crippen molar-refractivity contribution in [1.82, 2.24) is 9.78 Å². The predicted molar refractivity (Wildman–Crippen MR) is 74.0 cm³/mol. The van der Waals surface area contributed by atoms with Gasteiger partial charge in [-0.25, -0.2) is 4.68 Å². The van der Waals surface area contributed by atoms with Crippen molar-refractivity contribution >= 4 is 10.8 Å². The molecule has 3 rings (SSSR count). The molecule has 1 aliphatic carbocycles. The Morgan fingerprint density at radius 1 is 1.32 bits per heavy atom. The molecular formula is C15H18N2O2. The lowest BCUT2D eigenvalue weighted by atomic mass is 10.0. The number of aromatic nitrogens is 2. The summed E-state index contributed by atoms with van der Waals surface area (Å²) in [6, 6.07) is 7.51. The topological polar surface area (TPSA) is 55.1 Å². The lowest BCUT2D eigenvalue weighted by Crippen LogP contribution is -2.25. The first-order chi connectivity index (χ1) is 9.25. The number of rotatable bonds is 3. The zero-order valence-electron chi connectivity index (χ0n) is 10.8. The Hall–Kier alpha value is -1.68. The van der Waals surface area contributed by atoms with Crippen LogP contribution in [0.1, 0.15) is 25.7 Å². The molecule has 0 aliphatic heterocycles. The molecule has 0 saturated heterocycles. The molecule has 0 amide bonds. The van der Waals surface area contributed by atoms with Crippen LogP contribution < -0.4 is 5.56 Å². The van der Waals surface area contributed by atoms with Crippen molar-refractivity contribution in [2.45, 2.75) is 38.3 Å². The van der Waals surface area contributed by atoms with Crippen molar-refractivity contribution < 1.29 is 5.11 Å². The number of hydrogen-bond donors (Lipinski definition) is 1. The van der Waals surface area contributed by atoms with Gasteiger partial charge in [-0.1, -0.05) is 24.6 Å². The molecule has 4 nitrogen and oxygen atoms in total. The summed E-state index contributed by atoms with van der Waals surface area (Å²) in [5.74, 6) is 0.320. The molecule has 1 saturated carbocycles. The molecule has 1 heterocycles. The SMILES string of the molecule is O=c1c2ccccc2cnn1CCC1CCCC1O. The zero-order chi connectivity index (χ0) is 13.2. The van der Waals surface area contributed by atoms with Gasteiger partial charge in [0.15, 0.2) is 0 Å². The Labute approximate surface area is 111 Å². The van der Waals surface area contributed by atoms with Gasteiger partial charge >= 0.3 is 0 Å². The first-order valence-electron chi connectivity index (χ1n) is 6.88. The fourth-order valence-corrected chi connectivity index (χ4v) is 2.93. The predicted octanol–water partition coefficient (Wildman–Crippen LogP) is 1.95. The van der Waals surface area contributed by atoms with Gasteiger partial charge in [-0.2, -0.15) is 5.10 Å². The summed E-state index contributed by atoms with van der Waals surface area (Å²) in [5, 5.41) is 15.6. The van der Waals surface area contributed by atoms with E-state index in [1.165, 1.54) is 4.68 Å². The van der Waals surface area contributed by atoms with Crippen molar-refractivity contribution in [3.8, 4) is 0 Å². The highest BCUT2D eigenvalue weighted by molar-refractivity contribution is 5.80. The molecule has 2 aromatic rings. The Morgan fingerprint density at radius 3 is 2.95 bits per heavy atom. The first-order valence-corrected chi connectivity index (χ1v) is 6.88. The molecule has 2 unspecified atom stereocenters. The summed E-state index contributed by atoms with van der Waals surface area (Å²) in [7, 11) is 0. The number of aliphatic hydroxyl groups excluding tert-OH is 1. The molecule has 1 fully saturated rings. The Kier molecular flexibility index (Phi) is 3.34. The molecule has 100 valence electrons. The number of aryl methyl sites for hydroxylation is 1. The van der Waals surface area contributed by atoms with Crippen molar-refractivity contribution in [1.29, 1.82) is 0 Å². The van der Waals surface area contributed by atoms with Crippen LogP contribution in [0.4, 0.5) is 0 Å². The van der Waals surface area contributed by atoms with Crippen LogP contribution in [0.25, 0.3) is 10.8 Å². The highest BCUT2D eigenvalue weighted by Gasteiger charge is 2.24.